The highest BCUT2D eigenvalue weighted by Crippen LogP contribution is 2.48. The summed E-state index contributed by atoms with van der Waals surface area (Å²) in [6.45, 7) is 2.76. The molecule has 1 saturated carbocycles. The van der Waals surface area contributed by atoms with E-state index in [0.717, 1.165) is 13.0 Å². The zero-order chi connectivity index (χ0) is 24.1. The molecule has 2 fully saturated rings. The van der Waals surface area contributed by atoms with Gasteiger partial charge in [0, 0.05) is 24.7 Å². The van der Waals surface area contributed by atoms with Crippen LogP contribution in [0.3, 0.4) is 0 Å². The maximum absolute atomic E-state index is 15.1. The number of methoxy groups -OCH3 is 1. The van der Waals surface area contributed by atoms with E-state index in [9.17, 15) is 28.2 Å². The summed E-state index contributed by atoms with van der Waals surface area (Å²) in [6.07, 6.45) is -3.71. The van der Waals surface area contributed by atoms with Crippen LogP contribution in [0.5, 0.6) is 0 Å². The van der Waals surface area contributed by atoms with E-state index in [2.05, 4.69) is 4.74 Å². The number of carbonyl (C=O) groups is 1. The van der Waals surface area contributed by atoms with Gasteiger partial charge in [-0.2, -0.15) is 13.2 Å². The third-order valence-electron chi connectivity index (χ3n) is 6.71. The van der Waals surface area contributed by atoms with Gasteiger partial charge in [-0.15, -0.1) is 0 Å². The smallest absolute Gasteiger partial charge is 0.397 e. The number of ether oxygens (including phenoxy) is 2. The SMILES string of the molecule is CCCCC(C)([C@H](O)C=C[C@@H]1[C@H]2C(F)C(=CCCCC(=O)OC)O[C@H]2C[C@H]1O)C(F)(F)F. The number of rotatable bonds is 10. The third kappa shape index (κ3) is 5.84. The minimum absolute atomic E-state index is 0.124. The van der Waals surface area contributed by atoms with Crippen LogP contribution in [0, 0.1) is 17.3 Å². The van der Waals surface area contributed by atoms with Crippen LogP contribution in [-0.2, 0) is 14.3 Å². The number of carbonyl (C=O) groups excluding carboxylic acids is 1. The number of allylic oxidation sites excluding steroid dienone is 2. The van der Waals surface area contributed by atoms with Gasteiger partial charge in [0.05, 0.1) is 24.7 Å². The fourth-order valence-corrected chi connectivity index (χ4v) is 4.45. The molecule has 9 heteroatoms. The van der Waals surface area contributed by atoms with Crippen molar-refractivity contribution < 1.29 is 42.0 Å². The molecule has 2 aliphatic rings. The maximum Gasteiger partial charge on any atom is 0.397 e. The molecule has 2 rings (SSSR count). The summed E-state index contributed by atoms with van der Waals surface area (Å²) in [5.74, 6) is -1.75. The van der Waals surface area contributed by atoms with E-state index in [1.54, 1.807) is 13.0 Å². The number of fused-ring (bicyclic) bond motifs is 1. The molecule has 0 radical (unpaired) electrons. The zero-order valence-electron chi connectivity index (χ0n) is 18.8. The Bertz CT molecular complexity index is 692. The fourth-order valence-electron chi connectivity index (χ4n) is 4.45. The second-order valence-corrected chi connectivity index (χ2v) is 8.94. The minimum atomic E-state index is -4.61. The number of hydrogen-bond donors (Lipinski definition) is 2. The molecule has 0 aromatic carbocycles. The van der Waals surface area contributed by atoms with Crippen LogP contribution >= 0.6 is 0 Å². The lowest BCUT2D eigenvalue weighted by molar-refractivity contribution is -0.244. The molecule has 1 saturated heterocycles. The molecular weight excluding hydrogens is 432 g/mol. The van der Waals surface area contributed by atoms with E-state index < -0.39 is 47.9 Å². The monoisotopic (exact) mass is 466 g/mol. The topological polar surface area (TPSA) is 76.0 Å². The molecular formula is C23H34F4O5. The molecule has 5 nitrogen and oxygen atoms in total. The highest BCUT2D eigenvalue weighted by Gasteiger charge is 2.56. The first-order valence-electron chi connectivity index (χ1n) is 11.1. The van der Waals surface area contributed by atoms with Gasteiger partial charge in [-0.3, -0.25) is 4.79 Å². The summed E-state index contributed by atoms with van der Waals surface area (Å²) < 4.78 is 66.2. The van der Waals surface area contributed by atoms with Crippen molar-refractivity contribution in [1.29, 1.82) is 0 Å². The number of alkyl halides is 4. The van der Waals surface area contributed by atoms with Crippen LogP contribution in [0.1, 0.15) is 58.8 Å². The highest BCUT2D eigenvalue weighted by atomic mass is 19.4. The molecule has 2 unspecified atom stereocenters. The van der Waals surface area contributed by atoms with Crippen LogP contribution in [0.2, 0.25) is 0 Å². The second-order valence-electron chi connectivity index (χ2n) is 8.94. The second kappa shape index (κ2) is 11.0. The van der Waals surface area contributed by atoms with Crippen molar-refractivity contribution in [3.63, 3.8) is 0 Å². The predicted octanol–water partition coefficient (Wildman–Crippen LogP) is 4.62. The summed E-state index contributed by atoms with van der Waals surface area (Å²) in [7, 11) is 1.29. The average molecular weight is 467 g/mol. The Kier molecular flexibility index (Phi) is 9.16. The quantitative estimate of drug-likeness (QED) is 0.213. The van der Waals surface area contributed by atoms with Crippen LogP contribution in [0.25, 0.3) is 0 Å². The average Bonchev–Trinajstić information content (AvgIpc) is 3.20. The van der Waals surface area contributed by atoms with E-state index in [0.29, 0.717) is 25.7 Å². The van der Waals surface area contributed by atoms with Gasteiger partial charge in [-0.05, 0) is 32.3 Å². The van der Waals surface area contributed by atoms with Crippen molar-refractivity contribution in [1.82, 2.24) is 0 Å². The third-order valence-corrected chi connectivity index (χ3v) is 6.71. The molecule has 0 aromatic rings. The lowest BCUT2D eigenvalue weighted by atomic mass is 9.77. The Morgan fingerprint density at radius 3 is 2.62 bits per heavy atom. The molecule has 32 heavy (non-hydrogen) atoms. The molecule has 0 bridgehead atoms. The van der Waals surface area contributed by atoms with Crippen molar-refractivity contribution >= 4 is 5.97 Å². The molecule has 1 aliphatic heterocycles. The Morgan fingerprint density at radius 2 is 2.03 bits per heavy atom. The van der Waals surface area contributed by atoms with Crippen molar-refractivity contribution in [2.45, 2.75) is 89.5 Å². The van der Waals surface area contributed by atoms with Gasteiger partial charge in [0.2, 0.25) is 0 Å². The van der Waals surface area contributed by atoms with Crippen LogP contribution in [0.4, 0.5) is 17.6 Å². The number of unbranched alkanes of at least 4 members (excludes halogenated alkanes) is 2. The van der Waals surface area contributed by atoms with E-state index in [1.807, 2.05) is 0 Å². The normalized spacial score (nSPS) is 32.0. The predicted molar refractivity (Wildman–Crippen MR) is 110 cm³/mol. The summed E-state index contributed by atoms with van der Waals surface area (Å²) in [5.41, 5.74) is -2.32. The van der Waals surface area contributed by atoms with E-state index in [1.165, 1.54) is 13.2 Å². The first kappa shape index (κ1) is 26.6. The Morgan fingerprint density at radius 1 is 1.34 bits per heavy atom. The summed E-state index contributed by atoms with van der Waals surface area (Å²) >= 11 is 0. The van der Waals surface area contributed by atoms with Crippen molar-refractivity contribution in [2.24, 2.45) is 17.3 Å². The Hall–Kier alpha value is -1.61. The van der Waals surface area contributed by atoms with Crippen LogP contribution < -0.4 is 0 Å². The lowest BCUT2D eigenvalue weighted by Crippen LogP contribution is -2.44. The fraction of sp³-hybridized carbons (Fsp3) is 0.783. The van der Waals surface area contributed by atoms with Gasteiger partial charge >= 0.3 is 12.1 Å². The van der Waals surface area contributed by atoms with Crippen LogP contribution in [-0.4, -0.2) is 54.0 Å². The Balaban J connectivity index is 2.08. The first-order valence-corrected chi connectivity index (χ1v) is 11.1. The first-order chi connectivity index (χ1) is 15.0. The molecule has 2 N–H and O–H groups in total. The zero-order valence-corrected chi connectivity index (χ0v) is 18.8. The van der Waals surface area contributed by atoms with Crippen molar-refractivity contribution in [3.8, 4) is 0 Å². The Labute approximate surface area is 186 Å². The number of esters is 1. The number of hydrogen-bond acceptors (Lipinski definition) is 5. The number of aliphatic hydroxyl groups excluding tert-OH is 2. The maximum atomic E-state index is 15.1. The van der Waals surface area contributed by atoms with Gasteiger partial charge in [0.15, 0.2) is 6.17 Å². The summed E-state index contributed by atoms with van der Waals surface area (Å²) in [4.78, 5) is 11.2. The molecule has 7 atom stereocenters. The van der Waals surface area contributed by atoms with Gasteiger partial charge in [-0.1, -0.05) is 31.9 Å². The largest absolute Gasteiger partial charge is 0.491 e. The van der Waals surface area contributed by atoms with E-state index in [-0.39, 0.29) is 31.0 Å². The standard InChI is InChI=1S/C23H34F4O5/c1-4-5-12-22(2,23(25,26)27)18(29)11-10-14-15(28)13-17-20(14)21(24)16(32-17)8-6-7-9-19(30)31-3/h8,10-11,14-15,17-18,20-21,28-29H,4-7,9,12-13H2,1-3H3/t14-,15+,17-,18+,20+,21?,22?/m0/s1. The van der Waals surface area contributed by atoms with Gasteiger partial charge in [0.1, 0.15) is 11.9 Å². The molecule has 0 aromatic heterocycles. The highest BCUT2D eigenvalue weighted by molar-refractivity contribution is 5.69. The van der Waals surface area contributed by atoms with Crippen LogP contribution in [0.15, 0.2) is 24.0 Å². The molecule has 1 aliphatic carbocycles. The van der Waals surface area contributed by atoms with Gasteiger partial charge in [0.25, 0.3) is 0 Å². The molecule has 0 spiro atoms. The molecule has 0 amide bonds. The van der Waals surface area contributed by atoms with E-state index >= 15 is 4.39 Å². The van der Waals surface area contributed by atoms with E-state index in [4.69, 9.17) is 4.74 Å². The summed E-state index contributed by atoms with van der Waals surface area (Å²) in [6, 6.07) is 0. The molecule has 184 valence electrons. The lowest BCUT2D eigenvalue weighted by Gasteiger charge is -2.35. The van der Waals surface area contributed by atoms with Gasteiger partial charge in [-0.25, -0.2) is 4.39 Å². The summed E-state index contributed by atoms with van der Waals surface area (Å²) in [5, 5.41) is 20.7. The minimum Gasteiger partial charge on any atom is -0.491 e. The van der Waals surface area contributed by atoms with Gasteiger partial charge < -0.3 is 19.7 Å². The molecule has 1 heterocycles. The van der Waals surface area contributed by atoms with Crippen molar-refractivity contribution in [2.75, 3.05) is 7.11 Å². The number of halogens is 4. The van der Waals surface area contributed by atoms with Crippen molar-refractivity contribution in [3.05, 3.63) is 24.0 Å². The number of aliphatic hydroxyl groups is 2.